The number of aromatic nitrogens is 1. The minimum Gasteiger partial charge on any atom is -0.477 e. The maximum absolute atomic E-state index is 11.7. The molecule has 1 aromatic carbocycles. The van der Waals surface area contributed by atoms with E-state index in [0.717, 1.165) is 0 Å². The molecule has 2 aromatic rings. The van der Waals surface area contributed by atoms with Gasteiger partial charge in [-0.1, -0.05) is 17.6 Å². The summed E-state index contributed by atoms with van der Waals surface area (Å²) < 4.78 is 0. The maximum atomic E-state index is 11.7. The number of carboxylic acids is 1. The molecular weight excluding hydrogens is 193 g/mol. The molecule has 72 valence electrons. The quantitative estimate of drug-likeness (QED) is 0.636. The summed E-state index contributed by atoms with van der Waals surface area (Å²) in [6.45, 7) is 0. The second-order valence-corrected chi connectivity index (χ2v) is 3.14. The number of rotatable bonds is 1. The van der Waals surface area contributed by atoms with Crippen molar-refractivity contribution in [3.8, 4) is 0 Å². The minimum absolute atomic E-state index is 0.284. The Bertz CT molecular complexity index is 603. The molecule has 15 heavy (non-hydrogen) atoms. The van der Waals surface area contributed by atoms with Crippen LogP contribution in [0.15, 0.2) is 29.2 Å². The molecule has 0 aliphatic carbocycles. The fourth-order valence-corrected chi connectivity index (χ4v) is 1.40. The highest BCUT2D eigenvalue weighted by Gasteiger charge is 2.10. The second-order valence-electron chi connectivity index (χ2n) is 3.14. The highest BCUT2D eigenvalue weighted by Crippen LogP contribution is 2.05. The van der Waals surface area contributed by atoms with Gasteiger partial charge in [0, 0.05) is 17.1 Å². The van der Waals surface area contributed by atoms with E-state index in [1.54, 1.807) is 12.1 Å². The van der Waals surface area contributed by atoms with Crippen molar-refractivity contribution in [3.05, 3.63) is 40.2 Å². The zero-order valence-corrected chi connectivity index (χ0v) is 7.65. The van der Waals surface area contributed by atoms with E-state index in [0.29, 0.717) is 11.0 Å². The molecular formula is C10H6BNO3. The van der Waals surface area contributed by atoms with Crippen LogP contribution >= 0.6 is 0 Å². The Morgan fingerprint density at radius 3 is 2.80 bits per heavy atom. The molecule has 0 fully saturated rings. The first kappa shape index (κ1) is 9.52. The fraction of sp³-hybridized carbons (Fsp3) is 0. The van der Waals surface area contributed by atoms with Crippen LogP contribution in [0.5, 0.6) is 0 Å². The molecule has 2 radical (unpaired) electrons. The van der Waals surface area contributed by atoms with Crippen molar-refractivity contribution in [2.75, 3.05) is 0 Å². The lowest BCUT2D eigenvalue weighted by molar-refractivity contribution is 0.0695. The molecule has 0 amide bonds. The summed E-state index contributed by atoms with van der Waals surface area (Å²) in [7, 11) is 5.52. The lowest BCUT2D eigenvalue weighted by atomic mass is 9.94. The number of hydrogen-bond acceptors (Lipinski definition) is 2. The van der Waals surface area contributed by atoms with E-state index in [4.69, 9.17) is 13.0 Å². The van der Waals surface area contributed by atoms with Crippen LogP contribution in [0.4, 0.5) is 0 Å². The van der Waals surface area contributed by atoms with Crippen molar-refractivity contribution in [3.63, 3.8) is 0 Å². The molecule has 0 bridgehead atoms. The number of benzene rings is 1. The van der Waals surface area contributed by atoms with Gasteiger partial charge in [-0.2, -0.15) is 0 Å². The number of carboxylic acid groups (broad SMARTS) is 1. The molecule has 5 heteroatoms. The summed E-state index contributed by atoms with van der Waals surface area (Å²) in [5.74, 6) is -1.25. The SMILES string of the molecule is [B]c1ccc2[nH]cc(C(=O)O)c(=O)c2c1. The Morgan fingerprint density at radius 2 is 2.13 bits per heavy atom. The Labute approximate surface area is 86.0 Å². The van der Waals surface area contributed by atoms with Crippen LogP contribution < -0.4 is 10.9 Å². The third kappa shape index (κ3) is 1.52. The number of aromatic carboxylic acids is 1. The third-order valence-electron chi connectivity index (χ3n) is 2.14. The molecule has 0 spiro atoms. The van der Waals surface area contributed by atoms with Gasteiger partial charge in [-0.15, -0.1) is 0 Å². The Kier molecular flexibility index (Phi) is 2.08. The van der Waals surface area contributed by atoms with Gasteiger partial charge in [0.15, 0.2) is 0 Å². The number of fused-ring (bicyclic) bond motifs is 1. The van der Waals surface area contributed by atoms with E-state index in [1.165, 1.54) is 12.3 Å². The zero-order valence-electron chi connectivity index (χ0n) is 7.65. The van der Waals surface area contributed by atoms with E-state index in [1.807, 2.05) is 0 Å². The van der Waals surface area contributed by atoms with Crippen LogP contribution in [0.3, 0.4) is 0 Å². The van der Waals surface area contributed by atoms with Crippen LogP contribution in [0.1, 0.15) is 10.4 Å². The Morgan fingerprint density at radius 1 is 1.40 bits per heavy atom. The van der Waals surface area contributed by atoms with Gasteiger partial charge in [0.2, 0.25) is 5.43 Å². The van der Waals surface area contributed by atoms with Crippen LogP contribution in [0.25, 0.3) is 10.9 Å². The van der Waals surface area contributed by atoms with Crippen molar-refractivity contribution in [2.45, 2.75) is 0 Å². The number of H-pyrrole nitrogens is 1. The Hall–Kier alpha value is -2.04. The summed E-state index contributed by atoms with van der Waals surface area (Å²) in [5.41, 5.74) is 0.186. The molecule has 2 rings (SSSR count). The number of carbonyl (C=O) groups is 1. The van der Waals surface area contributed by atoms with Gasteiger partial charge < -0.3 is 10.1 Å². The van der Waals surface area contributed by atoms with Crippen LogP contribution in [-0.2, 0) is 0 Å². The van der Waals surface area contributed by atoms with Crippen molar-refractivity contribution in [1.29, 1.82) is 0 Å². The first-order valence-corrected chi connectivity index (χ1v) is 4.24. The smallest absolute Gasteiger partial charge is 0.341 e. The molecule has 0 aliphatic heterocycles. The molecule has 2 N–H and O–H groups in total. The van der Waals surface area contributed by atoms with Crippen molar-refractivity contribution in [1.82, 2.24) is 4.98 Å². The van der Waals surface area contributed by atoms with E-state index < -0.39 is 11.4 Å². The molecule has 0 saturated heterocycles. The molecule has 0 saturated carbocycles. The summed E-state index contributed by atoms with van der Waals surface area (Å²) in [4.78, 5) is 25.1. The highest BCUT2D eigenvalue weighted by atomic mass is 16.4. The average Bonchev–Trinajstić information content (AvgIpc) is 2.19. The van der Waals surface area contributed by atoms with Gasteiger partial charge in [0.25, 0.3) is 0 Å². The largest absolute Gasteiger partial charge is 0.477 e. The lowest BCUT2D eigenvalue weighted by Crippen LogP contribution is -2.16. The molecule has 4 nitrogen and oxygen atoms in total. The maximum Gasteiger partial charge on any atom is 0.341 e. The molecule has 1 aromatic heterocycles. The minimum atomic E-state index is -1.25. The number of nitrogens with one attached hydrogen (secondary N) is 1. The summed E-state index contributed by atoms with van der Waals surface area (Å²) in [5, 5.41) is 9.03. The van der Waals surface area contributed by atoms with Crippen LogP contribution in [-0.4, -0.2) is 23.9 Å². The first-order valence-electron chi connectivity index (χ1n) is 4.24. The highest BCUT2D eigenvalue weighted by molar-refractivity contribution is 6.33. The topological polar surface area (TPSA) is 70.2 Å². The first-order chi connectivity index (χ1) is 7.09. The normalized spacial score (nSPS) is 10.4. The Balaban J connectivity index is 2.89. The predicted octanol–water partition coefficient (Wildman–Crippen LogP) is 0.0201. The van der Waals surface area contributed by atoms with Gasteiger partial charge in [-0.25, -0.2) is 4.79 Å². The predicted molar refractivity (Wildman–Crippen MR) is 56.9 cm³/mol. The van der Waals surface area contributed by atoms with Gasteiger partial charge in [-0.3, -0.25) is 4.79 Å². The molecule has 1 heterocycles. The monoisotopic (exact) mass is 199 g/mol. The van der Waals surface area contributed by atoms with E-state index >= 15 is 0 Å². The summed E-state index contributed by atoms with van der Waals surface area (Å²) >= 11 is 0. The summed E-state index contributed by atoms with van der Waals surface area (Å²) in [6, 6.07) is 4.73. The van der Waals surface area contributed by atoms with Gasteiger partial charge in [0.05, 0.1) is 0 Å². The lowest BCUT2D eigenvalue weighted by Gasteiger charge is -2.00. The van der Waals surface area contributed by atoms with Crippen molar-refractivity contribution in [2.24, 2.45) is 0 Å². The average molecular weight is 199 g/mol. The zero-order chi connectivity index (χ0) is 11.0. The molecule has 0 atom stereocenters. The standard InChI is InChI=1S/C10H6BNO3/c11-5-1-2-8-6(3-5)9(13)7(4-12-8)10(14)15/h1-4H,(H,12,13)(H,14,15). The van der Waals surface area contributed by atoms with Gasteiger partial charge >= 0.3 is 5.97 Å². The fourth-order valence-electron chi connectivity index (χ4n) is 1.40. The number of hydrogen-bond donors (Lipinski definition) is 2. The van der Waals surface area contributed by atoms with E-state index in [-0.39, 0.29) is 10.9 Å². The summed E-state index contributed by atoms with van der Waals surface area (Å²) in [6.07, 6.45) is 1.18. The molecule has 0 aliphatic rings. The van der Waals surface area contributed by atoms with Crippen LogP contribution in [0, 0.1) is 0 Å². The third-order valence-corrected chi connectivity index (χ3v) is 2.14. The number of pyridine rings is 1. The molecule has 0 unspecified atom stereocenters. The van der Waals surface area contributed by atoms with Gasteiger partial charge in [0.1, 0.15) is 13.4 Å². The van der Waals surface area contributed by atoms with Crippen molar-refractivity contribution >= 4 is 30.2 Å². The van der Waals surface area contributed by atoms with Gasteiger partial charge in [-0.05, 0) is 6.07 Å². The van der Waals surface area contributed by atoms with E-state index in [9.17, 15) is 9.59 Å². The van der Waals surface area contributed by atoms with Crippen molar-refractivity contribution < 1.29 is 9.90 Å². The van der Waals surface area contributed by atoms with E-state index in [2.05, 4.69) is 4.98 Å². The second kappa shape index (κ2) is 3.27. The van der Waals surface area contributed by atoms with Crippen LogP contribution in [0.2, 0.25) is 0 Å². The number of aromatic amines is 1.